The predicted molar refractivity (Wildman–Crippen MR) is 66.7 cm³/mol. The van der Waals surface area contributed by atoms with E-state index in [9.17, 15) is 10.1 Å². The number of ether oxygens (including phenoxy) is 1. The summed E-state index contributed by atoms with van der Waals surface area (Å²) in [6.45, 7) is 5.99. The molecule has 0 fully saturated rings. The minimum atomic E-state index is -0.774. The summed E-state index contributed by atoms with van der Waals surface area (Å²) >= 11 is 0. The SMILES string of the molecule is CCn1cc[n+](COC(C)C(C)[N+](=O)[O-])c1/C=N/O. The zero-order valence-corrected chi connectivity index (χ0v) is 11.3. The lowest BCUT2D eigenvalue weighted by Crippen LogP contribution is -2.42. The molecule has 0 bridgehead atoms. The first kappa shape index (κ1) is 15.1. The molecule has 0 spiro atoms. The molecule has 106 valence electrons. The molecule has 2 unspecified atom stereocenters. The Morgan fingerprint density at radius 2 is 2.37 bits per heavy atom. The van der Waals surface area contributed by atoms with Crippen LogP contribution in [0.5, 0.6) is 0 Å². The van der Waals surface area contributed by atoms with Gasteiger partial charge in [-0.25, -0.2) is 9.13 Å². The maximum atomic E-state index is 10.6. The monoisotopic (exact) mass is 271 g/mol. The average Bonchev–Trinajstić information content (AvgIpc) is 2.77. The van der Waals surface area contributed by atoms with Gasteiger partial charge in [-0.2, -0.15) is 0 Å². The van der Waals surface area contributed by atoms with E-state index >= 15 is 0 Å². The molecule has 8 nitrogen and oxygen atoms in total. The molecular weight excluding hydrogens is 252 g/mol. The van der Waals surface area contributed by atoms with Crippen molar-refractivity contribution in [1.29, 1.82) is 0 Å². The smallest absolute Gasteiger partial charge is 0.305 e. The number of oxime groups is 1. The summed E-state index contributed by atoms with van der Waals surface area (Å²) in [5.41, 5.74) is 0. The summed E-state index contributed by atoms with van der Waals surface area (Å²) in [7, 11) is 0. The van der Waals surface area contributed by atoms with Gasteiger partial charge in [-0.15, -0.1) is 0 Å². The molecule has 1 aromatic heterocycles. The predicted octanol–water partition coefficient (Wildman–Crippen LogP) is 0.631. The van der Waals surface area contributed by atoms with Gasteiger partial charge in [-0.1, -0.05) is 5.16 Å². The maximum Gasteiger partial charge on any atom is 0.305 e. The lowest BCUT2D eigenvalue weighted by Gasteiger charge is -2.12. The molecule has 0 aliphatic heterocycles. The van der Waals surface area contributed by atoms with Crippen molar-refractivity contribution < 1.29 is 19.4 Å². The second-order valence-corrected chi connectivity index (χ2v) is 4.18. The van der Waals surface area contributed by atoms with Crippen LogP contribution in [-0.4, -0.2) is 33.1 Å². The van der Waals surface area contributed by atoms with Crippen molar-refractivity contribution in [2.45, 2.75) is 46.2 Å². The van der Waals surface area contributed by atoms with Gasteiger partial charge in [0.05, 0.1) is 6.54 Å². The molecule has 1 aromatic rings. The van der Waals surface area contributed by atoms with Crippen molar-refractivity contribution in [3.63, 3.8) is 0 Å². The Labute approximate surface area is 111 Å². The fourth-order valence-corrected chi connectivity index (χ4v) is 1.56. The maximum absolute atomic E-state index is 10.6. The third kappa shape index (κ3) is 3.75. The lowest BCUT2D eigenvalue weighted by molar-refractivity contribution is -0.737. The molecule has 0 aliphatic rings. The molecule has 0 aliphatic carbocycles. The van der Waals surface area contributed by atoms with Gasteiger partial charge >= 0.3 is 5.82 Å². The van der Waals surface area contributed by atoms with E-state index in [-0.39, 0.29) is 11.7 Å². The Kier molecular flexibility index (Phi) is 5.43. The number of nitrogens with zero attached hydrogens (tertiary/aromatic N) is 4. The van der Waals surface area contributed by atoms with Crippen LogP contribution in [-0.2, 0) is 18.0 Å². The number of nitro groups is 1. The third-order valence-electron chi connectivity index (χ3n) is 3.02. The highest BCUT2D eigenvalue weighted by molar-refractivity contribution is 5.72. The molecule has 0 saturated heterocycles. The first-order chi connectivity index (χ1) is 9.01. The van der Waals surface area contributed by atoms with E-state index in [4.69, 9.17) is 9.94 Å². The van der Waals surface area contributed by atoms with Gasteiger partial charge in [0.2, 0.25) is 6.04 Å². The van der Waals surface area contributed by atoms with E-state index in [0.717, 1.165) is 6.54 Å². The standard InChI is InChI=1S/C11H18N4O4/c1-4-13-5-6-14(11(13)7-12-16)8-19-10(3)9(2)15(17)18/h5-7,9-10H,4,8H2,1-3H3/p+1. The second-order valence-electron chi connectivity index (χ2n) is 4.18. The lowest BCUT2D eigenvalue weighted by atomic mass is 10.2. The summed E-state index contributed by atoms with van der Waals surface area (Å²) in [6, 6.07) is -0.774. The summed E-state index contributed by atoms with van der Waals surface area (Å²) < 4.78 is 9.04. The summed E-state index contributed by atoms with van der Waals surface area (Å²) in [5.74, 6) is 0.658. The van der Waals surface area contributed by atoms with E-state index in [1.807, 2.05) is 17.7 Å². The van der Waals surface area contributed by atoms with E-state index in [1.54, 1.807) is 17.7 Å². The topological polar surface area (TPSA) is 93.8 Å². The zero-order valence-electron chi connectivity index (χ0n) is 11.3. The molecule has 0 amide bonds. The zero-order chi connectivity index (χ0) is 14.4. The molecule has 0 aromatic carbocycles. The van der Waals surface area contributed by atoms with Crippen LogP contribution in [0.1, 0.15) is 26.6 Å². The van der Waals surface area contributed by atoms with Gasteiger partial charge in [0.25, 0.3) is 0 Å². The van der Waals surface area contributed by atoms with Crippen LogP contribution in [0.15, 0.2) is 17.5 Å². The Morgan fingerprint density at radius 3 is 2.89 bits per heavy atom. The number of rotatable bonds is 7. The fraction of sp³-hybridized carbons (Fsp3) is 0.636. The van der Waals surface area contributed by atoms with Gasteiger partial charge in [0.15, 0.2) is 12.9 Å². The van der Waals surface area contributed by atoms with Crippen molar-refractivity contribution in [3.8, 4) is 0 Å². The second kappa shape index (κ2) is 6.83. The minimum absolute atomic E-state index is 0.160. The Hall–Kier alpha value is -1.96. The summed E-state index contributed by atoms with van der Waals surface area (Å²) in [4.78, 5) is 10.3. The Morgan fingerprint density at radius 1 is 1.68 bits per heavy atom. The number of aryl methyl sites for hydroxylation is 1. The van der Waals surface area contributed by atoms with E-state index in [2.05, 4.69) is 5.16 Å². The van der Waals surface area contributed by atoms with Crippen LogP contribution in [0, 0.1) is 10.1 Å². The highest BCUT2D eigenvalue weighted by Crippen LogP contribution is 2.02. The summed E-state index contributed by atoms with van der Waals surface area (Å²) in [5, 5.41) is 22.3. The van der Waals surface area contributed by atoms with Crippen molar-refractivity contribution in [3.05, 3.63) is 28.3 Å². The first-order valence-corrected chi connectivity index (χ1v) is 6.02. The van der Waals surface area contributed by atoms with Gasteiger partial charge in [-0.05, 0) is 13.8 Å². The first-order valence-electron chi connectivity index (χ1n) is 6.02. The van der Waals surface area contributed by atoms with E-state index in [1.165, 1.54) is 13.1 Å². The van der Waals surface area contributed by atoms with E-state index < -0.39 is 12.1 Å². The van der Waals surface area contributed by atoms with Gasteiger partial charge in [0, 0.05) is 11.8 Å². The molecule has 1 rings (SSSR count). The number of aromatic nitrogens is 2. The Bertz CT molecular complexity index is 458. The molecule has 2 atom stereocenters. The highest BCUT2D eigenvalue weighted by atomic mass is 16.6. The van der Waals surface area contributed by atoms with Crippen molar-refractivity contribution in [2.75, 3.05) is 0 Å². The van der Waals surface area contributed by atoms with Crippen LogP contribution in [0.4, 0.5) is 0 Å². The number of hydrogen-bond acceptors (Lipinski definition) is 5. The van der Waals surface area contributed by atoms with Crippen LogP contribution >= 0.6 is 0 Å². The van der Waals surface area contributed by atoms with Crippen LogP contribution in [0.3, 0.4) is 0 Å². The van der Waals surface area contributed by atoms with Crippen LogP contribution in [0.2, 0.25) is 0 Å². The highest BCUT2D eigenvalue weighted by Gasteiger charge is 2.24. The molecule has 1 heterocycles. The minimum Gasteiger partial charge on any atom is -0.411 e. The summed E-state index contributed by atoms with van der Waals surface area (Å²) in [6.07, 6.45) is 4.38. The quantitative estimate of drug-likeness (QED) is 0.259. The van der Waals surface area contributed by atoms with Gasteiger partial charge in [0.1, 0.15) is 18.5 Å². The Balaban J connectivity index is 2.72. The molecule has 1 N–H and O–H groups in total. The van der Waals surface area contributed by atoms with Crippen molar-refractivity contribution in [2.24, 2.45) is 5.16 Å². The van der Waals surface area contributed by atoms with E-state index in [0.29, 0.717) is 5.82 Å². The average molecular weight is 271 g/mol. The molecular formula is C11H19N4O4+. The third-order valence-corrected chi connectivity index (χ3v) is 3.02. The molecule has 0 saturated carbocycles. The van der Waals surface area contributed by atoms with Gasteiger partial charge in [-0.3, -0.25) is 10.1 Å². The largest absolute Gasteiger partial charge is 0.411 e. The molecule has 19 heavy (non-hydrogen) atoms. The van der Waals surface area contributed by atoms with Crippen molar-refractivity contribution >= 4 is 6.21 Å². The fourth-order valence-electron chi connectivity index (χ4n) is 1.56. The van der Waals surface area contributed by atoms with Crippen molar-refractivity contribution in [1.82, 2.24) is 4.57 Å². The molecule has 8 heteroatoms. The normalized spacial score (nSPS) is 14.7. The molecule has 0 radical (unpaired) electrons. The number of imidazole rings is 1. The number of hydrogen-bond donors (Lipinski definition) is 1. The van der Waals surface area contributed by atoms with Crippen LogP contribution < -0.4 is 4.57 Å². The van der Waals surface area contributed by atoms with Crippen LogP contribution in [0.25, 0.3) is 0 Å². The van der Waals surface area contributed by atoms with Gasteiger partial charge < -0.3 is 9.94 Å².